The Labute approximate surface area is 111 Å². The number of ether oxygens (including phenoxy) is 1. The number of rotatable bonds is 3. The Morgan fingerprint density at radius 2 is 1.95 bits per heavy atom. The predicted molar refractivity (Wildman–Crippen MR) is 73.1 cm³/mol. The van der Waals surface area contributed by atoms with Crippen LogP contribution in [0.25, 0.3) is 22.4 Å². The molecular formula is C15H14N2O2. The van der Waals surface area contributed by atoms with Gasteiger partial charge in [-0.05, 0) is 30.7 Å². The SMILES string of the molecule is CCOc1ccc(-c2cnc3nc(C)oc3c2)cc1. The number of benzene rings is 1. The van der Waals surface area contributed by atoms with Gasteiger partial charge in [0.2, 0.25) is 0 Å². The average Bonchev–Trinajstić information content (AvgIpc) is 2.79. The summed E-state index contributed by atoms with van der Waals surface area (Å²) in [4.78, 5) is 8.49. The van der Waals surface area contributed by atoms with Crippen LogP contribution in [0.5, 0.6) is 5.75 Å². The maximum Gasteiger partial charge on any atom is 0.198 e. The zero-order chi connectivity index (χ0) is 13.2. The molecule has 0 spiro atoms. The summed E-state index contributed by atoms with van der Waals surface area (Å²) < 4.78 is 10.9. The Kier molecular flexibility index (Phi) is 2.91. The van der Waals surface area contributed by atoms with Crippen molar-refractivity contribution in [2.75, 3.05) is 6.61 Å². The van der Waals surface area contributed by atoms with Gasteiger partial charge in [-0.3, -0.25) is 0 Å². The van der Waals surface area contributed by atoms with Crippen molar-refractivity contribution in [3.63, 3.8) is 0 Å². The first kappa shape index (κ1) is 11.7. The minimum atomic E-state index is 0.631. The first-order valence-electron chi connectivity index (χ1n) is 6.22. The molecule has 0 amide bonds. The predicted octanol–water partition coefficient (Wildman–Crippen LogP) is 3.60. The van der Waals surface area contributed by atoms with Gasteiger partial charge in [0.05, 0.1) is 6.61 Å². The molecule has 0 aliphatic heterocycles. The highest BCUT2D eigenvalue weighted by Crippen LogP contribution is 2.25. The van der Waals surface area contributed by atoms with E-state index < -0.39 is 0 Å². The van der Waals surface area contributed by atoms with Crippen LogP contribution in [0.15, 0.2) is 40.9 Å². The number of aryl methyl sites for hydroxylation is 1. The third kappa shape index (κ3) is 2.29. The molecule has 4 heteroatoms. The Bertz CT molecular complexity index is 702. The number of hydrogen-bond acceptors (Lipinski definition) is 4. The maximum absolute atomic E-state index is 5.49. The van der Waals surface area contributed by atoms with E-state index in [4.69, 9.17) is 9.15 Å². The fraction of sp³-hybridized carbons (Fsp3) is 0.200. The molecule has 3 aromatic rings. The van der Waals surface area contributed by atoms with Crippen LogP contribution >= 0.6 is 0 Å². The van der Waals surface area contributed by atoms with Crippen molar-refractivity contribution in [2.45, 2.75) is 13.8 Å². The van der Waals surface area contributed by atoms with Crippen LogP contribution in [-0.2, 0) is 0 Å². The van der Waals surface area contributed by atoms with E-state index in [1.807, 2.05) is 44.2 Å². The van der Waals surface area contributed by atoms with Crippen molar-refractivity contribution in [1.29, 1.82) is 0 Å². The Morgan fingerprint density at radius 1 is 1.16 bits per heavy atom. The molecule has 0 aliphatic carbocycles. The van der Waals surface area contributed by atoms with Crippen molar-refractivity contribution >= 4 is 11.2 Å². The van der Waals surface area contributed by atoms with Crippen molar-refractivity contribution in [1.82, 2.24) is 9.97 Å². The zero-order valence-corrected chi connectivity index (χ0v) is 10.9. The summed E-state index contributed by atoms with van der Waals surface area (Å²) in [7, 11) is 0. The third-order valence-electron chi connectivity index (χ3n) is 2.85. The minimum absolute atomic E-state index is 0.631. The van der Waals surface area contributed by atoms with Crippen LogP contribution in [0.2, 0.25) is 0 Å². The molecular weight excluding hydrogens is 240 g/mol. The molecule has 0 radical (unpaired) electrons. The number of nitrogens with zero attached hydrogens (tertiary/aromatic N) is 2. The van der Waals surface area contributed by atoms with Gasteiger partial charge >= 0.3 is 0 Å². The van der Waals surface area contributed by atoms with E-state index in [1.54, 1.807) is 6.20 Å². The van der Waals surface area contributed by atoms with Gasteiger partial charge in [-0.15, -0.1) is 0 Å². The lowest BCUT2D eigenvalue weighted by atomic mass is 10.1. The summed E-state index contributed by atoms with van der Waals surface area (Å²) in [5.74, 6) is 1.50. The molecule has 0 aliphatic rings. The second-order valence-corrected chi connectivity index (χ2v) is 4.24. The van der Waals surface area contributed by atoms with Crippen LogP contribution in [0.4, 0.5) is 0 Å². The molecule has 0 saturated heterocycles. The largest absolute Gasteiger partial charge is 0.494 e. The molecule has 2 aromatic heterocycles. The fourth-order valence-electron chi connectivity index (χ4n) is 2.00. The van der Waals surface area contributed by atoms with E-state index in [0.29, 0.717) is 23.7 Å². The van der Waals surface area contributed by atoms with Gasteiger partial charge in [0.15, 0.2) is 17.1 Å². The Balaban J connectivity index is 1.98. The van der Waals surface area contributed by atoms with Crippen LogP contribution in [-0.4, -0.2) is 16.6 Å². The molecule has 96 valence electrons. The highest BCUT2D eigenvalue weighted by molar-refractivity contribution is 5.76. The lowest BCUT2D eigenvalue weighted by Gasteiger charge is -2.04. The Morgan fingerprint density at radius 3 is 2.68 bits per heavy atom. The standard InChI is InChI=1S/C15H14N2O2/c1-3-18-13-6-4-11(5-7-13)12-8-14-15(16-9-12)17-10(2)19-14/h4-9H,3H2,1-2H3. The number of aromatic nitrogens is 2. The van der Waals surface area contributed by atoms with Crippen molar-refractivity contribution in [2.24, 2.45) is 0 Å². The molecule has 4 nitrogen and oxygen atoms in total. The molecule has 0 N–H and O–H groups in total. The quantitative estimate of drug-likeness (QED) is 0.716. The topological polar surface area (TPSA) is 48.2 Å². The number of pyridine rings is 1. The van der Waals surface area contributed by atoms with Crippen LogP contribution in [0, 0.1) is 6.92 Å². The molecule has 0 unspecified atom stereocenters. The van der Waals surface area contributed by atoms with Crippen molar-refractivity contribution in [3.8, 4) is 16.9 Å². The molecule has 19 heavy (non-hydrogen) atoms. The zero-order valence-electron chi connectivity index (χ0n) is 10.9. The summed E-state index contributed by atoms with van der Waals surface area (Å²) in [6.07, 6.45) is 1.81. The molecule has 0 bridgehead atoms. The number of fused-ring (bicyclic) bond motifs is 1. The first-order chi connectivity index (χ1) is 9.26. The van der Waals surface area contributed by atoms with Crippen molar-refractivity contribution in [3.05, 3.63) is 42.4 Å². The third-order valence-corrected chi connectivity index (χ3v) is 2.85. The van der Waals surface area contributed by atoms with Crippen molar-refractivity contribution < 1.29 is 9.15 Å². The molecule has 0 atom stereocenters. The summed E-state index contributed by atoms with van der Waals surface area (Å²) in [5.41, 5.74) is 3.44. The van der Waals surface area contributed by atoms with E-state index in [-0.39, 0.29) is 0 Å². The fourth-order valence-corrected chi connectivity index (χ4v) is 2.00. The summed E-state index contributed by atoms with van der Waals surface area (Å²) in [5, 5.41) is 0. The Hall–Kier alpha value is -2.36. The second kappa shape index (κ2) is 4.72. The minimum Gasteiger partial charge on any atom is -0.494 e. The lowest BCUT2D eigenvalue weighted by Crippen LogP contribution is -1.90. The van der Waals surface area contributed by atoms with E-state index in [1.165, 1.54) is 0 Å². The lowest BCUT2D eigenvalue weighted by molar-refractivity contribution is 0.340. The smallest absolute Gasteiger partial charge is 0.198 e. The molecule has 0 fully saturated rings. The summed E-state index contributed by atoms with van der Waals surface area (Å²) in [6, 6.07) is 9.88. The molecule has 3 rings (SSSR count). The van der Waals surface area contributed by atoms with Gasteiger partial charge in [0.25, 0.3) is 0 Å². The van der Waals surface area contributed by atoms with Gasteiger partial charge in [-0.25, -0.2) is 4.98 Å². The highest BCUT2D eigenvalue weighted by Gasteiger charge is 2.06. The van der Waals surface area contributed by atoms with E-state index in [2.05, 4.69) is 9.97 Å². The van der Waals surface area contributed by atoms with Gasteiger partial charge < -0.3 is 9.15 Å². The second-order valence-electron chi connectivity index (χ2n) is 4.24. The summed E-state index contributed by atoms with van der Waals surface area (Å²) >= 11 is 0. The van der Waals surface area contributed by atoms with Gasteiger partial charge in [-0.2, -0.15) is 4.98 Å². The van der Waals surface area contributed by atoms with E-state index >= 15 is 0 Å². The molecule has 2 heterocycles. The summed E-state index contributed by atoms with van der Waals surface area (Å²) in [6.45, 7) is 4.46. The molecule has 1 aromatic carbocycles. The maximum atomic E-state index is 5.49. The van der Waals surface area contributed by atoms with E-state index in [9.17, 15) is 0 Å². The van der Waals surface area contributed by atoms with Gasteiger partial charge in [0.1, 0.15) is 5.75 Å². The molecule has 0 saturated carbocycles. The number of hydrogen-bond donors (Lipinski definition) is 0. The highest BCUT2D eigenvalue weighted by atomic mass is 16.5. The van der Waals surface area contributed by atoms with Crippen LogP contribution in [0.1, 0.15) is 12.8 Å². The normalized spacial score (nSPS) is 10.8. The first-order valence-corrected chi connectivity index (χ1v) is 6.22. The average molecular weight is 254 g/mol. The van der Waals surface area contributed by atoms with E-state index in [0.717, 1.165) is 16.9 Å². The van der Waals surface area contributed by atoms with Crippen LogP contribution in [0.3, 0.4) is 0 Å². The van der Waals surface area contributed by atoms with Crippen LogP contribution < -0.4 is 4.74 Å². The van der Waals surface area contributed by atoms with Gasteiger partial charge in [0, 0.05) is 18.7 Å². The monoisotopic (exact) mass is 254 g/mol. The number of oxazole rings is 1. The van der Waals surface area contributed by atoms with Gasteiger partial charge in [-0.1, -0.05) is 12.1 Å².